The van der Waals surface area contributed by atoms with Crippen LogP contribution in [0.2, 0.25) is 0 Å². The van der Waals surface area contributed by atoms with E-state index in [1.807, 2.05) is 31.3 Å². The van der Waals surface area contributed by atoms with Crippen molar-refractivity contribution in [2.75, 3.05) is 12.4 Å². The Kier molecular flexibility index (Phi) is 2.94. The second-order valence-electron chi connectivity index (χ2n) is 2.58. The van der Waals surface area contributed by atoms with Gasteiger partial charge < -0.3 is 11.0 Å². The van der Waals surface area contributed by atoms with Crippen molar-refractivity contribution >= 4 is 24.6 Å². The van der Waals surface area contributed by atoms with Gasteiger partial charge in [0.1, 0.15) is 0 Å². The predicted octanol–water partition coefficient (Wildman–Crippen LogP) is 0.307. The van der Waals surface area contributed by atoms with Gasteiger partial charge >= 0.3 is 0 Å². The standard InChI is InChI=1S/C9H13BN2/c1-3-7-4-5-8(10-11)6-9(7)12-2/h3-6,10,12H,1,11H2,2H3. The maximum atomic E-state index is 5.51. The molecule has 3 N–H and O–H groups in total. The number of anilines is 1. The normalized spacial score (nSPS) is 9.17. The summed E-state index contributed by atoms with van der Waals surface area (Å²) in [5.41, 5.74) is 8.82. The van der Waals surface area contributed by atoms with E-state index in [0.29, 0.717) is 7.41 Å². The molecule has 0 fully saturated rings. The summed E-state index contributed by atoms with van der Waals surface area (Å²) in [6.45, 7) is 3.72. The first-order chi connectivity index (χ1) is 5.81. The van der Waals surface area contributed by atoms with Crippen LogP contribution >= 0.6 is 0 Å². The zero-order valence-corrected chi connectivity index (χ0v) is 7.30. The van der Waals surface area contributed by atoms with E-state index >= 15 is 0 Å². The highest BCUT2D eigenvalue weighted by atomic mass is 14.8. The first-order valence-electron chi connectivity index (χ1n) is 3.95. The molecule has 12 heavy (non-hydrogen) atoms. The molecule has 0 saturated heterocycles. The number of nitrogens with one attached hydrogen (secondary N) is 1. The summed E-state index contributed by atoms with van der Waals surface area (Å²) in [6, 6.07) is 6.07. The predicted molar refractivity (Wildman–Crippen MR) is 57.1 cm³/mol. The van der Waals surface area contributed by atoms with Crippen LogP contribution in [0.4, 0.5) is 5.69 Å². The lowest BCUT2D eigenvalue weighted by atomic mass is 9.84. The van der Waals surface area contributed by atoms with Crippen LogP contribution in [-0.2, 0) is 0 Å². The van der Waals surface area contributed by atoms with Crippen LogP contribution in [0.15, 0.2) is 24.8 Å². The lowest BCUT2D eigenvalue weighted by Gasteiger charge is -2.06. The summed E-state index contributed by atoms with van der Waals surface area (Å²) >= 11 is 0. The summed E-state index contributed by atoms with van der Waals surface area (Å²) < 4.78 is 0. The lowest BCUT2D eigenvalue weighted by molar-refractivity contribution is 1.51. The van der Waals surface area contributed by atoms with E-state index < -0.39 is 0 Å². The Hall–Kier alpha value is -1.22. The van der Waals surface area contributed by atoms with Gasteiger partial charge in [0.15, 0.2) is 0 Å². The highest BCUT2D eigenvalue weighted by Crippen LogP contribution is 2.13. The second-order valence-corrected chi connectivity index (χ2v) is 2.58. The highest BCUT2D eigenvalue weighted by molar-refractivity contribution is 6.50. The van der Waals surface area contributed by atoms with Crippen molar-refractivity contribution in [1.29, 1.82) is 0 Å². The van der Waals surface area contributed by atoms with Crippen molar-refractivity contribution in [3.63, 3.8) is 0 Å². The van der Waals surface area contributed by atoms with E-state index in [-0.39, 0.29) is 0 Å². The van der Waals surface area contributed by atoms with E-state index in [2.05, 4.69) is 11.9 Å². The van der Waals surface area contributed by atoms with Crippen molar-refractivity contribution in [2.24, 2.45) is 5.64 Å². The topological polar surface area (TPSA) is 38.0 Å². The molecule has 0 unspecified atom stereocenters. The van der Waals surface area contributed by atoms with Crippen LogP contribution in [-0.4, -0.2) is 14.5 Å². The molecule has 0 heterocycles. The highest BCUT2D eigenvalue weighted by Gasteiger charge is 1.98. The van der Waals surface area contributed by atoms with Crippen LogP contribution in [0.5, 0.6) is 0 Å². The third-order valence-electron chi connectivity index (χ3n) is 1.84. The molecule has 0 radical (unpaired) electrons. The van der Waals surface area contributed by atoms with Gasteiger partial charge in [-0.3, -0.25) is 0 Å². The lowest BCUT2D eigenvalue weighted by Crippen LogP contribution is -2.23. The minimum Gasteiger partial charge on any atom is -0.388 e. The molecule has 0 aliphatic heterocycles. The Bertz CT molecular complexity index is 284. The molecule has 62 valence electrons. The molecule has 0 aliphatic rings. The molecule has 0 bridgehead atoms. The molecule has 1 aromatic carbocycles. The average molecular weight is 160 g/mol. The third-order valence-corrected chi connectivity index (χ3v) is 1.84. The number of rotatable bonds is 3. The van der Waals surface area contributed by atoms with Gasteiger partial charge in [0, 0.05) is 12.7 Å². The maximum Gasteiger partial charge on any atom is 0.233 e. The SMILES string of the molecule is C=Cc1ccc(BN)cc1NC. The van der Waals surface area contributed by atoms with E-state index in [4.69, 9.17) is 5.64 Å². The number of hydrogen-bond donors (Lipinski definition) is 2. The van der Waals surface area contributed by atoms with Crippen molar-refractivity contribution in [3.05, 3.63) is 30.3 Å². The first kappa shape index (κ1) is 8.88. The largest absolute Gasteiger partial charge is 0.388 e. The van der Waals surface area contributed by atoms with E-state index in [0.717, 1.165) is 16.7 Å². The molecule has 0 aromatic heterocycles. The fourth-order valence-corrected chi connectivity index (χ4v) is 1.12. The van der Waals surface area contributed by atoms with Gasteiger partial charge in [-0.25, -0.2) is 0 Å². The first-order valence-corrected chi connectivity index (χ1v) is 3.95. The fraction of sp³-hybridized carbons (Fsp3) is 0.111. The molecule has 1 rings (SSSR count). The van der Waals surface area contributed by atoms with Gasteiger partial charge in [0.25, 0.3) is 0 Å². The molecular weight excluding hydrogens is 147 g/mol. The van der Waals surface area contributed by atoms with E-state index in [1.54, 1.807) is 0 Å². The Labute approximate surface area is 73.7 Å². The van der Waals surface area contributed by atoms with Gasteiger partial charge in [-0.15, -0.1) is 0 Å². The van der Waals surface area contributed by atoms with Crippen LogP contribution in [0, 0.1) is 0 Å². The molecular formula is C9H13BN2. The van der Waals surface area contributed by atoms with E-state index in [9.17, 15) is 0 Å². The molecule has 1 aromatic rings. The van der Waals surface area contributed by atoms with Crippen LogP contribution < -0.4 is 16.4 Å². The number of nitrogens with two attached hydrogens (primary N) is 1. The van der Waals surface area contributed by atoms with Gasteiger partial charge in [-0.1, -0.05) is 30.3 Å². The molecule has 0 spiro atoms. The zero-order valence-electron chi connectivity index (χ0n) is 7.30. The molecule has 0 aliphatic carbocycles. The molecule has 0 atom stereocenters. The van der Waals surface area contributed by atoms with Gasteiger partial charge in [-0.2, -0.15) is 0 Å². The monoisotopic (exact) mass is 160 g/mol. The van der Waals surface area contributed by atoms with Crippen molar-refractivity contribution in [2.45, 2.75) is 0 Å². The smallest absolute Gasteiger partial charge is 0.233 e. The van der Waals surface area contributed by atoms with Gasteiger partial charge in [0.2, 0.25) is 7.41 Å². The van der Waals surface area contributed by atoms with Gasteiger partial charge in [-0.05, 0) is 11.6 Å². The fourth-order valence-electron chi connectivity index (χ4n) is 1.12. The summed E-state index contributed by atoms with van der Waals surface area (Å²) in [6.07, 6.45) is 1.83. The summed E-state index contributed by atoms with van der Waals surface area (Å²) in [4.78, 5) is 0. The van der Waals surface area contributed by atoms with Crippen molar-refractivity contribution in [1.82, 2.24) is 0 Å². The minimum absolute atomic E-state index is 0.575. The Morgan fingerprint density at radius 1 is 1.58 bits per heavy atom. The Morgan fingerprint density at radius 2 is 2.33 bits per heavy atom. The second kappa shape index (κ2) is 3.97. The average Bonchev–Trinajstić information content (AvgIpc) is 2.16. The minimum atomic E-state index is 0.575. The van der Waals surface area contributed by atoms with Crippen LogP contribution in [0.25, 0.3) is 6.08 Å². The molecule has 2 nitrogen and oxygen atoms in total. The van der Waals surface area contributed by atoms with Crippen LogP contribution in [0.1, 0.15) is 5.56 Å². The zero-order chi connectivity index (χ0) is 8.97. The van der Waals surface area contributed by atoms with Crippen molar-refractivity contribution in [3.8, 4) is 0 Å². The molecule has 3 heteroatoms. The van der Waals surface area contributed by atoms with Crippen LogP contribution in [0.3, 0.4) is 0 Å². The molecule has 0 saturated carbocycles. The van der Waals surface area contributed by atoms with Gasteiger partial charge in [0.05, 0.1) is 0 Å². The Balaban J connectivity index is 3.10. The van der Waals surface area contributed by atoms with E-state index in [1.165, 1.54) is 0 Å². The Morgan fingerprint density at radius 3 is 2.83 bits per heavy atom. The maximum absolute atomic E-state index is 5.51. The summed E-state index contributed by atoms with van der Waals surface area (Å²) in [7, 11) is 2.47. The third kappa shape index (κ3) is 1.68. The summed E-state index contributed by atoms with van der Waals surface area (Å²) in [5, 5.41) is 3.09. The summed E-state index contributed by atoms with van der Waals surface area (Å²) in [5.74, 6) is 0. The quantitative estimate of drug-likeness (QED) is 0.624. The molecule has 0 amide bonds. The number of hydrogen-bond acceptors (Lipinski definition) is 2. The number of benzene rings is 1. The van der Waals surface area contributed by atoms with Crippen molar-refractivity contribution < 1.29 is 0 Å².